The van der Waals surface area contributed by atoms with E-state index >= 15 is 0 Å². The summed E-state index contributed by atoms with van der Waals surface area (Å²) in [6, 6.07) is 3.72. The molecule has 1 rings (SSSR count). The molecule has 0 radical (unpaired) electrons. The van der Waals surface area contributed by atoms with Gasteiger partial charge in [0.15, 0.2) is 0 Å². The Morgan fingerprint density at radius 1 is 1.69 bits per heavy atom. The Morgan fingerprint density at radius 2 is 2.38 bits per heavy atom. The third-order valence-corrected chi connectivity index (χ3v) is 2.20. The van der Waals surface area contributed by atoms with E-state index in [-0.39, 0.29) is 12.4 Å². The van der Waals surface area contributed by atoms with Crippen LogP contribution in [0.5, 0.6) is 0 Å². The molecule has 1 aromatic heterocycles. The van der Waals surface area contributed by atoms with Crippen molar-refractivity contribution < 1.29 is 9.53 Å². The zero-order valence-corrected chi connectivity index (χ0v) is 8.65. The Bertz CT molecular complexity index is 295. The number of esters is 1. The van der Waals surface area contributed by atoms with Gasteiger partial charge in [-0.25, -0.2) is 4.79 Å². The maximum Gasteiger partial charge on any atom is 0.332 e. The van der Waals surface area contributed by atoms with Crippen LogP contribution in [0.25, 0.3) is 5.70 Å². The summed E-state index contributed by atoms with van der Waals surface area (Å²) in [5.74, 6) is -0.430. The van der Waals surface area contributed by atoms with Gasteiger partial charge in [0.05, 0.1) is 17.7 Å². The summed E-state index contributed by atoms with van der Waals surface area (Å²) in [6.45, 7) is 0. The number of ether oxygens (including phenoxy) is 1. The first-order valence-electron chi connectivity index (χ1n) is 3.33. The maximum atomic E-state index is 10.7. The first-order valence-corrected chi connectivity index (χ1v) is 4.21. The van der Waals surface area contributed by atoms with Gasteiger partial charge in [-0.15, -0.1) is 23.7 Å². The van der Waals surface area contributed by atoms with Crippen molar-refractivity contribution in [3.63, 3.8) is 0 Å². The second kappa shape index (κ2) is 5.61. The van der Waals surface area contributed by atoms with E-state index in [1.807, 2.05) is 17.5 Å². The van der Waals surface area contributed by atoms with Gasteiger partial charge in [0.1, 0.15) is 0 Å². The number of methoxy groups -OCH3 is 1. The topological polar surface area (TPSA) is 52.3 Å². The molecule has 0 aliphatic carbocycles. The molecule has 72 valence electrons. The summed E-state index contributed by atoms with van der Waals surface area (Å²) in [4.78, 5) is 11.6. The molecule has 1 heterocycles. The zero-order chi connectivity index (χ0) is 8.97. The molecule has 13 heavy (non-hydrogen) atoms. The molecule has 0 bridgehead atoms. The van der Waals surface area contributed by atoms with E-state index in [9.17, 15) is 4.79 Å². The zero-order valence-electron chi connectivity index (χ0n) is 7.02. The normalized spacial score (nSPS) is 10.4. The van der Waals surface area contributed by atoms with E-state index < -0.39 is 5.97 Å². The van der Waals surface area contributed by atoms with Gasteiger partial charge in [0, 0.05) is 6.08 Å². The lowest BCUT2D eigenvalue weighted by atomic mass is 10.3. The lowest BCUT2D eigenvalue weighted by Gasteiger charge is -1.95. The van der Waals surface area contributed by atoms with Crippen molar-refractivity contribution in [1.82, 2.24) is 0 Å². The monoisotopic (exact) mass is 219 g/mol. The fraction of sp³-hybridized carbons (Fsp3) is 0.125. The van der Waals surface area contributed by atoms with Crippen molar-refractivity contribution in [3.8, 4) is 0 Å². The highest BCUT2D eigenvalue weighted by Crippen LogP contribution is 2.15. The molecule has 2 N–H and O–H groups in total. The Labute approximate surface area is 86.6 Å². The number of rotatable bonds is 2. The van der Waals surface area contributed by atoms with Gasteiger partial charge >= 0.3 is 5.97 Å². The van der Waals surface area contributed by atoms with E-state index in [2.05, 4.69) is 4.74 Å². The van der Waals surface area contributed by atoms with Crippen LogP contribution in [0.1, 0.15) is 4.88 Å². The van der Waals surface area contributed by atoms with Crippen LogP contribution in [0, 0.1) is 0 Å². The number of carbonyl (C=O) groups is 1. The minimum atomic E-state index is -0.430. The Morgan fingerprint density at radius 3 is 2.85 bits per heavy atom. The highest BCUT2D eigenvalue weighted by molar-refractivity contribution is 7.11. The average molecular weight is 220 g/mol. The third kappa shape index (κ3) is 3.48. The third-order valence-electron chi connectivity index (χ3n) is 1.28. The largest absolute Gasteiger partial charge is 0.466 e. The standard InChI is InChI=1S/C8H9NO2S.ClH/c1-11-8(10)5-6(9)7-3-2-4-12-7;/h2-5H,9H2,1H3;1H/b6-5-;. The minimum Gasteiger partial charge on any atom is -0.466 e. The molecule has 0 aromatic carbocycles. The number of carbonyl (C=O) groups excluding carboxylic acids is 1. The van der Waals surface area contributed by atoms with Crippen LogP contribution in [0.15, 0.2) is 23.6 Å². The smallest absolute Gasteiger partial charge is 0.332 e. The molecule has 1 aromatic rings. The van der Waals surface area contributed by atoms with Gasteiger partial charge in [0.25, 0.3) is 0 Å². The Kier molecular flexibility index (Phi) is 5.18. The van der Waals surface area contributed by atoms with E-state index in [0.29, 0.717) is 5.70 Å². The van der Waals surface area contributed by atoms with Gasteiger partial charge in [-0.3, -0.25) is 0 Å². The van der Waals surface area contributed by atoms with Crippen LogP contribution in [-0.2, 0) is 9.53 Å². The van der Waals surface area contributed by atoms with Gasteiger partial charge < -0.3 is 10.5 Å². The molecular weight excluding hydrogens is 210 g/mol. The van der Waals surface area contributed by atoms with Gasteiger partial charge in [-0.2, -0.15) is 0 Å². The molecular formula is C8H10ClNO2S. The second-order valence-electron chi connectivity index (χ2n) is 2.10. The van der Waals surface area contributed by atoms with Gasteiger partial charge in [0.2, 0.25) is 0 Å². The molecule has 0 atom stereocenters. The van der Waals surface area contributed by atoms with Crippen LogP contribution in [0.2, 0.25) is 0 Å². The van der Waals surface area contributed by atoms with E-state index in [1.165, 1.54) is 24.5 Å². The summed E-state index contributed by atoms with van der Waals surface area (Å²) in [5, 5.41) is 1.90. The number of hydrogen-bond acceptors (Lipinski definition) is 4. The molecule has 0 saturated heterocycles. The van der Waals surface area contributed by atoms with Crippen molar-refractivity contribution in [2.75, 3.05) is 7.11 Å². The van der Waals surface area contributed by atoms with Crippen LogP contribution >= 0.6 is 23.7 Å². The van der Waals surface area contributed by atoms with Crippen molar-refractivity contribution in [3.05, 3.63) is 28.5 Å². The molecule has 3 nitrogen and oxygen atoms in total. The van der Waals surface area contributed by atoms with Crippen molar-refractivity contribution in [2.45, 2.75) is 0 Å². The molecule has 0 aliphatic rings. The molecule has 0 amide bonds. The lowest BCUT2D eigenvalue weighted by Crippen LogP contribution is -2.01. The summed E-state index contributed by atoms with van der Waals surface area (Å²) < 4.78 is 4.43. The molecule has 5 heteroatoms. The van der Waals surface area contributed by atoms with Gasteiger partial charge in [-0.05, 0) is 11.4 Å². The van der Waals surface area contributed by atoms with Gasteiger partial charge in [-0.1, -0.05) is 6.07 Å². The lowest BCUT2D eigenvalue weighted by molar-refractivity contribution is -0.134. The maximum absolute atomic E-state index is 10.7. The van der Waals surface area contributed by atoms with E-state index in [0.717, 1.165) is 4.88 Å². The first-order chi connectivity index (χ1) is 5.74. The highest BCUT2D eigenvalue weighted by Gasteiger charge is 2.00. The molecule has 0 spiro atoms. The van der Waals surface area contributed by atoms with Crippen molar-refractivity contribution in [2.24, 2.45) is 5.73 Å². The van der Waals surface area contributed by atoms with Crippen molar-refractivity contribution in [1.29, 1.82) is 0 Å². The fourth-order valence-electron chi connectivity index (χ4n) is 0.700. The van der Waals surface area contributed by atoms with E-state index in [4.69, 9.17) is 5.73 Å². The number of halogens is 1. The Balaban J connectivity index is 0.00000144. The van der Waals surface area contributed by atoms with Crippen LogP contribution in [0.3, 0.4) is 0 Å². The van der Waals surface area contributed by atoms with Crippen LogP contribution < -0.4 is 5.73 Å². The van der Waals surface area contributed by atoms with Crippen LogP contribution in [-0.4, -0.2) is 13.1 Å². The van der Waals surface area contributed by atoms with Crippen LogP contribution in [0.4, 0.5) is 0 Å². The summed E-state index contributed by atoms with van der Waals surface area (Å²) in [6.07, 6.45) is 1.27. The molecule has 0 fully saturated rings. The summed E-state index contributed by atoms with van der Waals surface area (Å²) >= 11 is 1.48. The molecule has 0 unspecified atom stereocenters. The number of thiophene rings is 1. The quantitative estimate of drug-likeness (QED) is 0.608. The fourth-order valence-corrected chi connectivity index (χ4v) is 1.36. The predicted octanol–water partition coefficient (Wildman–Crippen LogP) is 1.64. The van der Waals surface area contributed by atoms with Crippen molar-refractivity contribution >= 4 is 35.4 Å². The molecule has 0 aliphatic heterocycles. The second-order valence-corrected chi connectivity index (χ2v) is 3.05. The Hall–Kier alpha value is -1.000. The number of hydrogen-bond donors (Lipinski definition) is 1. The summed E-state index contributed by atoms with van der Waals surface area (Å²) in [7, 11) is 1.32. The SMILES string of the molecule is COC(=O)/C=C(\N)c1cccs1.Cl. The average Bonchev–Trinajstić information content (AvgIpc) is 2.56. The van der Waals surface area contributed by atoms with E-state index in [1.54, 1.807) is 0 Å². The summed E-state index contributed by atoms with van der Waals surface area (Å²) in [5.41, 5.74) is 6.03. The first kappa shape index (κ1) is 12.0. The molecule has 0 saturated carbocycles. The minimum absolute atomic E-state index is 0. The highest BCUT2D eigenvalue weighted by atomic mass is 35.5. The predicted molar refractivity (Wildman–Crippen MR) is 55.7 cm³/mol. The number of nitrogens with two attached hydrogens (primary N) is 1.